The van der Waals surface area contributed by atoms with Crippen LogP contribution in [-0.2, 0) is 4.74 Å². The Morgan fingerprint density at radius 3 is 2.64 bits per heavy atom. The van der Waals surface area contributed by atoms with Gasteiger partial charge in [0.05, 0.1) is 23.4 Å². The van der Waals surface area contributed by atoms with Crippen LogP contribution in [0.25, 0.3) is 0 Å². The summed E-state index contributed by atoms with van der Waals surface area (Å²) < 4.78 is 4.60. The Hall–Kier alpha value is -2.60. The van der Waals surface area contributed by atoms with Gasteiger partial charge in [0.2, 0.25) is 0 Å². The van der Waals surface area contributed by atoms with Crippen molar-refractivity contribution >= 4 is 29.2 Å². The molecule has 0 saturated carbocycles. The molecule has 0 atom stereocenters. The van der Waals surface area contributed by atoms with Gasteiger partial charge in [-0.1, -0.05) is 11.6 Å². The maximum atomic E-state index is 12.1. The number of carbonyl (C=O) groups is 2. The number of benzene rings is 1. The number of methoxy groups -OCH3 is 1. The lowest BCUT2D eigenvalue weighted by Gasteiger charge is -2.09. The van der Waals surface area contributed by atoms with E-state index in [1.807, 2.05) is 0 Å². The molecule has 114 valence electrons. The molecule has 2 rings (SSSR count). The molecule has 0 radical (unpaired) electrons. The Bertz CT molecular complexity index is 798. The zero-order valence-electron chi connectivity index (χ0n) is 11.9. The van der Waals surface area contributed by atoms with E-state index < -0.39 is 17.3 Å². The van der Waals surface area contributed by atoms with Crippen LogP contribution < -0.4 is 10.7 Å². The van der Waals surface area contributed by atoms with Gasteiger partial charge in [0.15, 0.2) is 5.43 Å². The summed E-state index contributed by atoms with van der Waals surface area (Å²) in [7, 11) is 1.25. The van der Waals surface area contributed by atoms with E-state index in [0.29, 0.717) is 5.69 Å². The first-order valence-corrected chi connectivity index (χ1v) is 6.68. The molecular weight excluding hydrogens is 308 g/mol. The van der Waals surface area contributed by atoms with E-state index in [1.165, 1.54) is 37.6 Å². The fourth-order valence-corrected chi connectivity index (χ4v) is 1.97. The van der Waals surface area contributed by atoms with Crippen molar-refractivity contribution in [3.8, 4) is 0 Å². The maximum absolute atomic E-state index is 12.1. The van der Waals surface area contributed by atoms with Gasteiger partial charge in [0, 0.05) is 18.0 Å². The Kier molecular flexibility index (Phi) is 4.62. The molecule has 1 heterocycles. The van der Waals surface area contributed by atoms with Crippen LogP contribution in [0.3, 0.4) is 0 Å². The number of amides is 1. The zero-order chi connectivity index (χ0) is 16.3. The van der Waals surface area contributed by atoms with Crippen molar-refractivity contribution in [1.29, 1.82) is 0 Å². The molecule has 0 spiro atoms. The van der Waals surface area contributed by atoms with Crippen LogP contribution in [-0.4, -0.2) is 24.0 Å². The number of hydrogen-bond donors (Lipinski definition) is 2. The molecule has 6 nitrogen and oxygen atoms in total. The summed E-state index contributed by atoms with van der Waals surface area (Å²) >= 11 is 5.99. The minimum Gasteiger partial charge on any atom is -0.465 e. The average molecular weight is 321 g/mol. The van der Waals surface area contributed by atoms with Gasteiger partial charge in [0.25, 0.3) is 5.91 Å². The van der Waals surface area contributed by atoms with Crippen molar-refractivity contribution in [3.63, 3.8) is 0 Å². The van der Waals surface area contributed by atoms with E-state index >= 15 is 0 Å². The van der Waals surface area contributed by atoms with Gasteiger partial charge < -0.3 is 15.0 Å². The largest absolute Gasteiger partial charge is 0.465 e. The number of nitrogens with one attached hydrogen (secondary N) is 2. The highest BCUT2D eigenvalue weighted by atomic mass is 35.5. The normalized spacial score (nSPS) is 10.1. The second-order valence-corrected chi connectivity index (χ2v) is 4.94. The summed E-state index contributed by atoms with van der Waals surface area (Å²) in [5.41, 5.74) is 0.640. The van der Waals surface area contributed by atoms with Crippen molar-refractivity contribution < 1.29 is 14.3 Å². The second-order valence-electron chi connectivity index (χ2n) is 4.53. The lowest BCUT2D eigenvalue weighted by Crippen LogP contribution is -2.21. The van der Waals surface area contributed by atoms with E-state index in [9.17, 15) is 14.4 Å². The summed E-state index contributed by atoms with van der Waals surface area (Å²) in [5.74, 6) is -1.18. The molecule has 1 amide bonds. The smallest absolute Gasteiger partial charge is 0.337 e. The Balaban J connectivity index is 2.32. The Morgan fingerprint density at radius 2 is 2.00 bits per heavy atom. The molecule has 22 heavy (non-hydrogen) atoms. The van der Waals surface area contributed by atoms with Gasteiger partial charge in [-0.3, -0.25) is 9.59 Å². The van der Waals surface area contributed by atoms with Crippen LogP contribution in [0.1, 0.15) is 26.4 Å². The first-order valence-electron chi connectivity index (χ1n) is 6.31. The van der Waals surface area contributed by atoms with E-state index in [-0.39, 0.29) is 21.8 Å². The highest BCUT2D eigenvalue weighted by Crippen LogP contribution is 2.23. The number of aryl methyl sites for hydroxylation is 1. The van der Waals surface area contributed by atoms with Gasteiger partial charge in [-0.15, -0.1) is 0 Å². The maximum Gasteiger partial charge on any atom is 0.337 e. The molecule has 7 heteroatoms. The summed E-state index contributed by atoms with van der Waals surface area (Å²) in [6.45, 7) is 1.71. The van der Waals surface area contributed by atoms with Crippen LogP contribution >= 0.6 is 11.6 Å². The highest BCUT2D eigenvalue weighted by molar-refractivity contribution is 6.34. The molecule has 1 aromatic heterocycles. The number of hydrogen-bond acceptors (Lipinski definition) is 4. The average Bonchev–Trinajstić information content (AvgIpc) is 2.48. The van der Waals surface area contributed by atoms with Crippen LogP contribution in [0.2, 0.25) is 5.02 Å². The lowest BCUT2D eigenvalue weighted by molar-refractivity contribution is 0.0600. The van der Waals surface area contributed by atoms with Gasteiger partial charge in [-0.25, -0.2) is 4.79 Å². The number of aromatic amines is 1. The molecule has 2 N–H and O–H groups in total. The summed E-state index contributed by atoms with van der Waals surface area (Å²) in [5, 5.41) is 2.75. The quantitative estimate of drug-likeness (QED) is 0.850. The minimum absolute atomic E-state index is 0.0508. The van der Waals surface area contributed by atoms with Crippen molar-refractivity contribution in [2.24, 2.45) is 0 Å². The van der Waals surface area contributed by atoms with Crippen molar-refractivity contribution in [2.75, 3.05) is 12.4 Å². The first kappa shape index (κ1) is 15.8. The SMILES string of the molecule is COC(=O)c1ccc(Cl)c(NC(=O)c2c[nH]c(C)cc2=O)c1. The molecule has 0 aliphatic rings. The molecular formula is C15H13ClN2O4. The van der Waals surface area contributed by atoms with E-state index in [2.05, 4.69) is 15.0 Å². The zero-order valence-corrected chi connectivity index (χ0v) is 12.7. The molecule has 0 fully saturated rings. The van der Waals surface area contributed by atoms with E-state index in [1.54, 1.807) is 6.92 Å². The molecule has 1 aromatic carbocycles. The number of pyridine rings is 1. The van der Waals surface area contributed by atoms with Crippen LogP contribution in [0.5, 0.6) is 0 Å². The van der Waals surface area contributed by atoms with Gasteiger partial charge in [-0.2, -0.15) is 0 Å². The van der Waals surface area contributed by atoms with Crippen molar-refractivity contribution in [2.45, 2.75) is 6.92 Å². The predicted molar refractivity (Wildman–Crippen MR) is 82.5 cm³/mol. The number of H-pyrrole nitrogens is 1. The second kappa shape index (κ2) is 6.44. The topological polar surface area (TPSA) is 88.3 Å². The number of rotatable bonds is 3. The number of ether oxygens (including phenoxy) is 1. The molecule has 0 aliphatic heterocycles. The third-order valence-electron chi connectivity index (χ3n) is 2.94. The fraction of sp³-hybridized carbons (Fsp3) is 0.133. The molecule has 0 unspecified atom stereocenters. The van der Waals surface area contributed by atoms with Crippen LogP contribution in [0.15, 0.2) is 35.3 Å². The van der Waals surface area contributed by atoms with Gasteiger partial charge in [0.1, 0.15) is 5.56 Å². The lowest BCUT2D eigenvalue weighted by atomic mass is 10.2. The van der Waals surface area contributed by atoms with Gasteiger partial charge >= 0.3 is 5.97 Å². The van der Waals surface area contributed by atoms with Crippen LogP contribution in [0.4, 0.5) is 5.69 Å². The standard InChI is InChI=1S/C15H13ClN2O4/c1-8-5-13(19)10(7-17-8)14(20)18-12-6-9(15(21)22-2)3-4-11(12)16/h3-7H,1-2H3,(H,17,19)(H,18,20). The molecule has 2 aromatic rings. The van der Waals surface area contributed by atoms with E-state index in [0.717, 1.165) is 0 Å². The fourth-order valence-electron chi connectivity index (χ4n) is 1.81. The number of aromatic nitrogens is 1. The molecule has 0 saturated heterocycles. The van der Waals surface area contributed by atoms with Crippen LogP contribution in [0, 0.1) is 6.92 Å². The Morgan fingerprint density at radius 1 is 1.27 bits per heavy atom. The molecule has 0 bridgehead atoms. The third kappa shape index (κ3) is 3.35. The monoisotopic (exact) mass is 320 g/mol. The summed E-state index contributed by atoms with van der Waals surface area (Å²) in [4.78, 5) is 38.2. The molecule has 0 aliphatic carbocycles. The van der Waals surface area contributed by atoms with Crippen molar-refractivity contribution in [1.82, 2.24) is 4.98 Å². The predicted octanol–water partition coefficient (Wildman–Crippen LogP) is 2.38. The van der Waals surface area contributed by atoms with E-state index in [4.69, 9.17) is 11.6 Å². The highest BCUT2D eigenvalue weighted by Gasteiger charge is 2.14. The third-order valence-corrected chi connectivity index (χ3v) is 3.27. The number of esters is 1. The Labute approximate surface area is 131 Å². The number of halogens is 1. The summed E-state index contributed by atoms with van der Waals surface area (Å²) in [6.07, 6.45) is 1.32. The number of anilines is 1. The van der Waals surface area contributed by atoms with Crippen molar-refractivity contribution in [3.05, 3.63) is 62.5 Å². The minimum atomic E-state index is -0.620. The first-order chi connectivity index (χ1) is 10.4. The van der Waals surface area contributed by atoms with Gasteiger partial charge in [-0.05, 0) is 25.1 Å². The number of carbonyl (C=O) groups excluding carboxylic acids is 2. The summed E-state index contributed by atoms with van der Waals surface area (Å²) in [6, 6.07) is 5.64.